The van der Waals surface area contributed by atoms with Gasteiger partial charge in [-0.05, 0) is 42.6 Å². The van der Waals surface area contributed by atoms with Crippen LogP contribution in [-0.2, 0) is 6.42 Å². The van der Waals surface area contributed by atoms with Gasteiger partial charge >= 0.3 is 0 Å². The van der Waals surface area contributed by atoms with Gasteiger partial charge in [-0.15, -0.1) is 11.3 Å². The summed E-state index contributed by atoms with van der Waals surface area (Å²) in [6, 6.07) is 12.7. The molecule has 3 nitrogen and oxygen atoms in total. The zero-order valence-electron chi connectivity index (χ0n) is 12.3. The van der Waals surface area contributed by atoms with Crippen molar-refractivity contribution in [2.75, 3.05) is 17.7 Å². The average Bonchev–Trinajstić information content (AvgIpc) is 3.00. The molecule has 0 saturated heterocycles. The molecular weight excluding hydrogens is 278 g/mol. The topological polar surface area (TPSA) is 42.1 Å². The lowest BCUT2D eigenvalue weighted by Gasteiger charge is -2.27. The lowest BCUT2D eigenvalue weighted by molar-refractivity contribution is 0.690. The lowest BCUT2D eigenvalue weighted by atomic mass is 10.1. The Morgan fingerprint density at radius 1 is 1.24 bits per heavy atom. The molecule has 108 valence electrons. The largest absolute Gasteiger partial charge is 0.398 e. The van der Waals surface area contributed by atoms with Crippen molar-refractivity contribution < 1.29 is 0 Å². The second-order valence-electron chi connectivity index (χ2n) is 5.32. The number of pyridine rings is 1. The van der Waals surface area contributed by atoms with Crippen LogP contribution in [0.25, 0.3) is 10.9 Å². The summed E-state index contributed by atoms with van der Waals surface area (Å²) in [5.41, 5.74) is 8.93. The number of benzene rings is 1. The number of hydrogen-bond donors (Lipinski definition) is 1. The predicted molar refractivity (Wildman–Crippen MR) is 92.0 cm³/mol. The van der Waals surface area contributed by atoms with Gasteiger partial charge in [0.2, 0.25) is 0 Å². The Labute approximate surface area is 129 Å². The van der Waals surface area contributed by atoms with E-state index >= 15 is 0 Å². The zero-order chi connectivity index (χ0) is 14.8. The minimum Gasteiger partial charge on any atom is -0.398 e. The number of aromatic nitrogens is 1. The molecule has 21 heavy (non-hydrogen) atoms. The van der Waals surface area contributed by atoms with Gasteiger partial charge in [-0.3, -0.25) is 4.98 Å². The van der Waals surface area contributed by atoms with Crippen LogP contribution in [0.4, 0.5) is 11.4 Å². The van der Waals surface area contributed by atoms with Gasteiger partial charge in [0.1, 0.15) is 0 Å². The Balaban J connectivity index is 1.94. The first kappa shape index (κ1) is 13.9. The molecule has 0 radical (unpaired) electrons. The van der Waals surface area contributed by atoms with Gasteiger partial charge in [0, 0.05) is 41.7 Å². The van der Waals surface area contributed by atoms with E-state index in [0.717, 1.165) is 28.7 Å². The first-order valence-electron chi connectivity index (χ1n) is 7.05. The molecule has 0 bridgehead atoms. The Kier molecular flexibility index (Phi) is 3.80. The summed E-state index contributed by atoms with van der Waals surface area (Å²) in [5, 5.41) is 3.15. The Hall–Kier alpha value is -2.07. The van der Waals surface area contributed by atoms with E-state index in [9.17, 15) is 0 Å². The fourth-order valence-electron chi connectivity index (χ4n) is 2.56. The SMILES string of the molecule is CC(Cc1cccs1)N(C)c1ccc(N)c2cccnc12. The summed E-state index contributed by atoms with van der Waals surface area (Å²) in [6.07, 6.45) is 2.86. The summed E-state index contributed by atoms with van der Waals surface area (Å²) in [7, 11) is 2.12. The molecule has 1 unspecified atom stereocenters. The molecule has 0 aliphatic rings. The van der Waals surface area contributed by atoms with Gasteiger partial charge in [0.15, 0.2) is 0 Å². The van der Waals surface area contributed by atoms with Crippen molar-refractivity contribution in [1.29, 1.82) is 0 Å². The molecule has 0 spiro atoms. The molecule has 0 saturated carbocycles. The van der Waals surface area contributed by atoms with Gasteiger partial charge in [0.25, 0.3) is 0 Å². The summed E-state index contributed by atoms with van der Waals surface area (Å²) < 4.78 is 0. The summed E-state index contributed by atoms with van der Waals surface area (Å²) in [4.78, 5) is 8.21. The van der Waals surface area contributed by atoms with Crippen molar-refractivity contribution in [2.45, 2.75) is 19.4 Å². The molecular formula is C17H19N3S. The standard InChI is InChI=1S/C17H19N3S/c1-12(11-13-5-4-10-21-13)20(2)16-8-7-15(18)14-6-3-9-19-17(14)16/h3-10,12H,11,18H2,1-2H3. The van der Waals surface area contributed by atoms with Crippen molar-refractivity contribution in [1.82, 2.24) is 4.98 Å². The van der Waals surface area contributed by atoms with Crippen LogP contribution < -0.4 is 10.6 Å². The summed E-state index contributed by atoms with van der Waals surface area (Å²) in [6.45, 7) is 2.24. The predicted octanol–water partition coefficient (Wildman–Crippen LogP) is 3.95. The highest BCUT2D eigenvalue weighted by Crippen LogP contribution is 2.30. The number of anilines is 2. The molecule has 2 heterocycles. The van der Waals surface area contributed by atoms with E-state index in [1.54, 1.807) is 0 Å². The van der Waals surface area contributed by atoms with Crippen LogP contribution in [0, 0.1) is 0 Å². The number of rotatable bonds is 4. The van der Waals surface area contributed by atoms with Gasteiger partial charge in [0.05, 0.1) is 11.2 Å². The second kappa shape index (κ2) is 5.74. The van der Waals surface area contributed by atoms with Gasteiger partial charge in [-0.1, -0.05) is 6.07 Å². The van der Waals surface area contributed by atoms with Crippen LogP contribution in [0.5, 0.6) is 0 Å². The molecule has 0 aliphatic carbocycles. The lowest BCUT2D eigenvalue weighted by Crippen LogP contribution is -2.30. The number of hydrogen-bond acceptors (Lipinski definition) is 4. The Morgan fingerprint density at radius 3 is 2.86 bits per heavy atom. The molecule has 2 N–H and O–H groups in total. The van der Waals surface area contributed by atoms with E-state index in [4.69, 9.17) is 5.73 Å². The Bertz CT molecular complexity index is 737. The maximum absolute atomic E-state index is 6.05. The highest BCUT2D eigenvalue weighted by Gasteiger charge is 2.15. The third kappa shape index (κ3) is 2.72. The molecule has 3 rings (SSSR count). The first-order valence-corrected chi connectivity index (χ1v) is 7.93. The van der Waals surface area contributed by atoms with Crippen LogP contribution >= 0.6 is 11.3 Å². The number of nitrogen functional groups attached to an aromatic ring is 1. The van der Waals surface area contributed by atoms with Crippen LogP contribution in [0.15, 0.2) is 48.0 Å². The van der Waals surface area contributed by atoms with Crippen LogP contribution in [0.2, 0.25) is 0 Å². The van der Waals surface area contributed by atoms with Crippen molar-refractivity contribution in [3.8, 4) is 0 Å². The van der Waals surface area contributed by atoms with Gasteiger partial charge in [-0.25, -0.2) is 0 Å². The van der Waals surface area contributed by atoms with Crippen LogP contribution in [0.3, 0.4) is 0 Å². The van der Waals surface area contributed by atoms with Crippen molar-refractivity contribution in [3.63, 3.8) is 0 Å². The van der Waals surface area contributed by atoms with Crippen molar-refractivity contribution in [3.05, 3.63) is 52.9 Å². The zero-order valence-corrected chi connectivity index (χ0v) is 13.1. The third-order valence-corrected chi connectivity index (χ3v) is 4.80. The number of nitrogens with two attached hydrogens (primary N) is 1. The third-order valence-electron chi connectivity index (χ3n) is 3.90. The number of thiophene rings is 1. The molecule has 1 atom stereocenters. The molecule has 0 aliphatic heterocycles. The number of likely N-dealkylation sites (N-methyl/N-ethyl adjacent to an activating group) is 1. The number of nitrogens with zero attached hydrogens (tertiary/aromatic N) is 2. The highest BCUT2D eigenvalue weighted by molar-refractivity contribution is 7.09. The Morgan fingerprint density at radius 2 is 2.10 bits per heavy atom. The smallest absolute Gasteiger partial charge is 0.0955 e. The maximum Gasteiger partial charge on any atom is 0.0955 e. The maximum atomic E-state index is 6.05. The van der Waals surface area contributed by atoms with E-state index < -0.39 is 0 Å². The molecule has 1 aromatic carbocycles. The monoisotopic (exact) mass is 297 g/mol. The fraction of sp³-hybridized carbons (Fsp3) is 0.235. The van der Waals surface area contributed by atoms with E-state index in [1.807, 2.05) is 35.7 Å². The van der Waals surface area contributed by atoms with E-state index in [2.05, 4.69) is 47.4 Å². The van der Waals surface area contributed by atoms with E-state index in [-0.39, 0.29) is 0 Å². The summed E-state index contributed by atoms with van der Waals surface area (Å²) in [5.74, 6) is 0. The number of fused-ring (bicyclic) bond motifs is 1. The normalized spacial score (nSPS) is 12.5. The minimum absolute atomic E-state index is 0.400. The van der Waals surface area contributed by atoms with Gasteiger partial charge in [-0.2, -0.15) is 0 Å². The first-order chi connectivity index (χ1) is 10.2. The van der Waals surface area contributed by atoms with E-state index in [1.165, 1.54) is 4.88 Å². The molecule has 4 heteroatoms. The molecule has 2 aromatic heterocycles. The van der Waals surface area contributed by atoms with Crippen molar-refractivity contribution in [2.24, 2.45) is 0 Å². The minimum atomic E-state index is 0.400. The molecule has 0 amide bonds. The van der Waals surface area contributed by atoms with E-state index in [0.29, 0.717) is 6.04 Å². The summed E-state index contributed by atoms with van der Waals surface area (Å²) >= 11 is 1.81. The fourth-order valence-corrected chi connectivity index (χ4v) is 3.39. The highest BCUT2D eigenvalue weighted by atomic mass is 32.1. The molecule has 3 aromatic rings. The van der Waals surface area contributed by atoms with Crippen LogP contribution in [0.1, 0.15) is 11.8 Å². The second-order valence-corrected chi connectivity index (χ2v) is 6.35. The van der Waals surface area contributed by atoms with Gasteiger partial charge < -0.3 is 10.6 Å². The van der Waals surface area contributed by atoms with Crippen LogP contribution in [-0.4, -0.2) is 18.1 Å². The molecule has 0 fully saturated rings. The quantitative estimate of drug-likeness (QED) is 0.742. The average molecular weight is 297 g/mol. The van der Waals surface area contributed by atoms with Crippen molar-refractivity contribution >= 4 is 33.6 Å².